The number of pyridine rings is 2. The molecular formula is C12H14N4O4. The zero-order valence-corrected chi connectivity index (χ0v) is 11.0. The number of anilines is 1. The predicted molar refractivity (Wildman–Crippen MR) is 72.6 cm³/mol. The lowest BCUT2D eigenvalue weighted by Crippen LogP contribution is -1.95. The second-order valence-electron chi connectivity index (χ2n) is 3.38. The number of nitro groups is 1. The molecular weight excluding hydrogens is 264 g/mol. The predicted octanol–water partition coefficient (Wildman–Crippen LogP) is 1.67. The van der Waals surface area contributed by atoms with Crippen LogP contribution in [0.3, 0.4) is 0 Å². The Balaban J connectivity index is 0.000000204. The van der Waals surface area contributed by atoms with Gasteiger partial charge in [-0.1, -0.05) is 0 Å². The third kappa shape index (κ3) is 4.09. The third-order valence-corrected chi connectivity index (χ3v) is 2.16. The molecule has 2 N–H and O–H groups in total. The first kappa shape index (κ1) is 15.2. The van der Waals surface area contributed by atoms with E-state index in [1.165, 1.54) is 19.4 Å². The van der Waals surface area contributed by atoms with Crippen LogP contribution in [0.25, 0.3) is 0 Å². The minimum atomic E-state index is -0.584. The van der Waals surface area contributed by atoms with Gasteiger partial charge in [0.15, 0.2) is 11.6 Å². The molecule has 0 aliphatic carbocycles. The molecule has 0 aromatic carbocycles. The average Bonchev–Trinajstić information content (AvgIpc) is 2.48. The van der Waals surface area contributed by atoms with Crippen molar-refractivity contribution in [3.05, 3.63) is 46.8 Å². The molecule has 8 nitrogen and oxygen atoms in total. The van der Waals surface area contributed by atoms with E-state index < -0.39 is 4.92 Å². The fourth-order valence-electron chi connectivity index (χ4n) is 1.25. The van der Waals surface area contributed by atoms with Gasteiger partial charge in [-0.3, -0.25) is 0 Å². The number of hydrogen-bond donors (Lipinski definition) is 1. The summed E-state index contributed by atoms with van der Waals surface area (Å²) < 4.78 is 9.56. The second-order valence-corrected chi connectivity index (χ2v) is 3.38. The maximum absolute atomic E-state index is 10.2. The molecule has 2 rings (SSSR count). The van der Waals surface area contributed by atoms with Crippen LogP contribution in [-0.2, 0) is 0 Å². The Morgan fingerprint density at radius 3 is 2.05 bits per heavy atom. The Morgan fingerprint density at radius 2 is 1.65 bits per heavy atom. The van der Waals surface area contributed by atoms with Crippen molar-refractivity contribution in [1.82, 2.24) is 9.97 Å². The van der Waals surface area contributed by atoms with Crippen molar-refractivity contribution in [2.45, 2.75) is 0 Å². The van der Waals surface area contributed by atoms with Crippen LogP contribution in [0.5, 0.6) is 11.5 Å². The summed E-state index contributed by atoms with van der Waals surface area (Å²) in [5, 5.41) is 10.2. The maximum Gasteiger partial charge on any atom is 0.406 e. The molecule has 0 atom stereocenters. The van der Waals surface area contributed by atoms with Crippen molar-refractivity contribution in [2.24, 2.45) is 0 Å². The maximum atomic E-state index is 10.2. The summed E-state index contributed by atoms with van der Waals surface area (Å²) in [6, 6.07) is 6.61. The molecule has 106 valence electrons. The fourth-order valence-corrected chi connectivity index (χ4v) is 1.25. The largest absolute Gasteiger partial charge is 0.493 e. The fraction of sp³-hybridized carbons (Fsp3) is 0.167. The number of rotatable bonds is 3. The first-order valence-corrected chi connectivity index (χ1v) is 5.48. The number of ether oxygens (including phenoxy) is 2. The number of nitrogens with two attached hydrogens (primary N) is 1. The first-order chi connectivity index (χ1) is 9.60. The van der Waals surface area contributed by atoms with Gasteiger partial charge in [-0.25, -0.2) is 4.98 Å². The lowest BCUT2D eigenvalue weighted by Gasteiger charge is -1.99. The Bertz CT molecular complexity index is 577. The zero-order valence-electron chi connectivity index (χ0n) is 11.0. The van der Waals surface area contributed by atoms with E-state index >= 15 is 0 Å². The smallest absolute Gasteiger partial charge is 0.406 e. The van der Waals surface area contributed by atoms with Crippen LogP contribution in [0.4, 0.5) is 11.6 Å². The Labute approximate surface area is 115 Å². The van der Waals surface area contributed by atoms with E-state index in [0.29, 0.717) is 11.6 Å². The third-order valence-electron chi connectivity index (χ3n) is 2.16. The number of hydrogen-bond acceptors (Lipinski definition) is 7. The van der Waals surface area contributed by atoms with E-state index in [4.69, 9.17) is 15.2 Å². The van der Waals surface area contributed by atoms with Crippen LogP contribution in [0.15, 0.2) is 36.7 Å². The van der Waals surface area contributed by atoms with Crippen molar-refractivity contribution in [3.8, 4) is 11.5 Å². The van der Waals surface area contributed by atoms with Gasteiger partial charge in [0.25, 0.3) is 0 Å². The molecule has 0 aliphatic rings. The van der Waals surface area contributed by atoms with Gasteiger partial charge in [0, 0.05) is 6.20 Å². The summed E-state index contributed by atoms with van der Waals surface area (Å²) in [5.74, 6) is 0.977. The van der Waals surface area contributed by atoms with Gasteiger partial charge < -0.3 is 25.3 Å². The molecule has 0 spiro atoms. The van der Waals surface area contributed by atoms with Crippen molar-refractivity contribution in [2.75, 3.05) is 20.0 Å². The number of nitrogens with zero attached hydrogens (tertiary/aromatic N) is 3. The molecule has 20 heavy (non-hydrogen) atoms. The molecule has 2 aromatic rings. The molecule has 0 saturated heterocycles. The van der Waals surface area contributed by atoms with Crippen LogP contribution < -0.4 is 15.2 Å². The Kier molecular flexibility index (Phi) is 5.70. The van der Waals surface area contributed by atoms with Gasteiger partial charge in [0.1, 0.15) is 6.20 Å². The SMILES string of the molecule is COc1cccnc1N.COc1cccnc1[N+](=O)[O-]. The highest BCUT2D eigenvalue weighted by Crippen LogP contribution is 2.21. The minimum Gasteiger partial charge on any atom is -0.493 e. The van der Waals surface area contributed by atoms with Gasteiger partial charge in [0.2, 0.25) is 5.75 Å². The highest BCUT2D eigenvalue weighted by atomic mass is 16.6. The molecule has 0 bridgehead atoms. The lowest BCUT2D eigenvalue weighted by atomic mass is 10.4. The summed E-state index contributed by atoms with van der Waals surface area (Å²) >= 11 is 0. The van der Waals surface area contributed by atoms with Crippen molar-refractivity contribution in [1.29, 1.82) is 0 Å². The zero-order chi connectivity index (χ0) is 15.0. The molecule has 0 aliphatic heterocycles. The van der Waals surface area contributed by atoms with Gasteiger partial charge in [-0.15, -0.1) is 0 Å². The van der Waals surface area contributed by atoms with Crippen LogP contribution >= 0.6 is 0 Å². The summed E-state index contributed by atoms with van der Waals surface area (Å²) in [6.07, 6.45) is 2.97. The van der Waals surface area contributed by atoms with Crippen LogP contribution in [-0.4, -0.2) is 29.1 Å². The highest BCUT2D eigenvalue weighted by Gasteiger charge is 2.13. The molecule has 0 amide bonds. The molecule has 0 radical (unpaired) electrons. The molecule has 8 heteroatoms. The molecule has 0 saturated carbocycles. The number of aromatic nitrogens is 2. The minimum absolute atomic E-state index is 0.178. The van der Waals surface area contributed by atoms with E-state index in [1.807, 2.05) is 0 Å². The van der Waals surface area contributed by atoms with E-state index in [2.05, 4.69) is 9.97 Å². The van der Waals surface area contributed by atoms with Crippen molar-refractivity contribution in [3.63, 3.8) is 0 Å². The first-order valence-electron chi connectivity index (χ1n) is 5.48. The number of methoxy groups -OCH3 is 2. The molecule has 2 heterocycles. The van der Waals surface area contributed by atoms with Crippen molar-refractivity contribution < 1.29 is 14.4 Å². The van der Waals surface area contributed by atoms with Gasteiger partial charge in [-0.05, 0) is 34.2 Å². The van der Waals surface area contributed by atoms with E-state index in [9.17, 15) is 10.1 Å². The molecule has 0 unspecified atom stereocenters. The standard InChI is InChI=1S/C6H6N2O3.C6H8N2O/c1-11-5-3-2-4-7-6(5)8(9)10;1-9-5-3-2-4-8-6(5)7/h2-4H,1H3;2-4H,1H3,(H2,7,8). The Hall–Kier alpha value is -2.90. The summed E-state index contributed by atoms with van der Waals surface area (Å²) in [7, 11) is 2.93. The summed E-state index contributed by atoms with van der Waals surface area (Å²) in [4.78, 5) is 17.0. The van der Waals surface area contributed by atoms with E-state index in [0.717, 1.165) is 0 Å². The monoisotopic (exact) mass is 278 g/mol. The highest BCUT2D eigenvalue weighted by molar-refractivity contribution is 5.44. The molecule has 2 aromatic heterocycles. The summed E-state index contributed by atoms with van der Waals surface area (Å²) in [5.41, 5.74) is 5.39. The van der Waals surface area contributed by atoms with Crippen LogP contribution in [0, 0.1) is 10.1 Å². The van der Waals surface area contributed by atoms with Crippen LogP contribution in [0.2, 0.25) is 0 Å². The van der Waals surface area contributed by atoms with Gasteiger partial charge in [-0.2, -0.15) is 0 Å². The summed E-state index contributed by atoms with van der Waals surface area (Å²) in [6.45, 7) is 0. The lowest BCUT2D eigenvalue weighted by molar-refractivity contribution is -0.390. The molecule has 0 fully saturated rings. The quantitative estimate of drug-likeness (QED) is 0.670. The van der Waals surface area contributed by atoms with E-state index in [1.54, 1.807) is 31.5 Å². The Morgan fingerprint density at radius 1 is 1.10 bits per heavy atom. The normalized spacial score (nSPS) is 9.10. The van der Waals surface area contributed by atoms with Gasteiger partial charge in [0.05, 0.1) is 14.2 Å². The topological polar surface area (TPSA) is 113 Å². The van der Waals surface area contributed by atoms with Gasteiger partial charge >= 0.3 is 5.82 Å². The number of nitrogen functional groups attached to an aromatic ring is 1. The van der Waals surface area contributed by atoms with Crippen molar-refractivity contribution >= 4 is 11.6 Å². The van der Waals surface area contributed by atoms with E-state index in [-0.39, 0.29) is 11.6 Å². The second kappa shape index (κ2) is 7.52. The van der Waals surface area contributed by atoms with Crippen LogP contribution in [0.1, 0.15) is 0 Å². The average molecular weight is 278 g/mol.